The van der Waals surface area contributed by atoms with Gasteiger partial charge < -0.3 is 9.80 Å². The summed E-state index contributed by atoms with van der Waals surface area (Å²) in [5, 5.41) is 1.29. The molecule has 2 aromatic carbocycles. The van der Waals surface area contributed by atoms with Gasteiger partial charge in [-0.1, -0.05) is 29.0 Å². The van der Waals surface area contributed by atoms with Crippen LogP contribution in [0.1, 0.15) is 10.4 Å². The van der Waals surface area contributed by atoms with Crippen molar-refractivity contribution in [3.8, 4) is 0 Å². The zero-order chi connectivity index (χ0) is 19.6. The lowest BCUT2D eigenvalue weighted by Gasteiger charge is -2.21. The largest absolute Gasteiger partial charge is 0.378 e. The number of fused-ring (bicyclic) bond motifs is 1. The fraction of sp³-hybridized carbons (Fsp3) is 0.300. The van der Waals surface area contributed by atoms with Crippen LogP contribution in [0.5, 0.6) is 0 Å². The first kappa shape index (κ1) is 19.6. The quantitative estimate of drug-likeness (QED) is 0.688. The van der Waals surface area contributed by atoms with Crippen LogP contribution < -0.4 is 14.7 Å². The Hall–Kier alpha value is -2.15. The molecule has 0 fully saturated rings. The van der Waals surface area contributed by atoms with E-state index in [2.05, 4.69) is 19.1 Å². The first-order chi connectivity index (χ1) is 12.9. The molecule has 0 unspecified atom stereocenters. The highest BCUT2D eigenvalue weighted by Gasteiger charge is 2.22. The Kier molecular flexibility index (Phi) is 5.99. The number of para-hydroxylation sites is 1. The van der Waals surface area contributed by atoms with Gasteiger partial charge in [-0.25, -0.2) is 4.98 Å². The van der Waals surface area contributed by atoms with Gasteiger partial charge in [0, 0.05) is 25.3 Å². The summed E-state index contributed by atoms with van der Waals surface area (Å²) in [5.41, 5.74) is 2.46. The van der Waals surface area contributed by atoms with Gasteiger partial charge in [-0.05, 0) is 36.4 Å². The molecule has 0 bridgehead atoms. The highest BCUT2D eigenvalue weighted by Crippen LogP contribution is 2.33. The summed E-state index contributed by atoms with van der Waals surface area (Å²) < 4.78 is 0.982. The number of amides is 1. The van der Waals surface area contributed by atoms with Gasteiger partial charge in [-0.15, -0.1) is 0 Å². The number of quaternary nitrogens is 1. The van der Waals surface area contributed by atoms with Gasteiger partial charge in [0.05, 0.1) is 36.9 Å². The van der Waals surface area contributed by atoms with Crippen LogP contribution in [0, 0.1) is 0 Å². The Labute approximate surface area is 168 Å². The third-order valence-corrected chi connectivity index (χ3v) is 5.65. The first-order valence-electron chi connectivity index (χ1n) is 8.80. The highest BCUT2D eigenvalue weighted by atomic mass is 35.5. The van der Waals surface area contributed by atoms with Crippen molar-refractivity contribution in [3.05, 3.63) is 53.1 Å². The number of aromatic nitrogens is 1. The highest BCUT2D eigenvalue weighted by molar-refractivity contribution is 7.22. The molecule has 1 amide bonds. The monoisotopic (exact) mass is 403 g/mol. The Bertz CT molecular complexity index is 937. The van der Waals surface area contributed by atoms with Gasteiger partial charge in [-0.2, -0.15) is 0 Å². The Morgan fingerprint density at radius 2 is 1.85 bits per heavy atom. The molecule has 1 heterocycles. The molecule has 0 saturated carbocycles. The maximum Gasteiger partial charge on any atom is 0.260 e. The SMILES string of the molecule is CN(C)c1ccc(C(=O)N(CC[NH+](C)C)c2nc3c(Cl)cccc3s2)cc1. The van der Waals surface area contributed by atoms with Gasteiger partial charge >= 0.3 is 0 Å². The minimum absolute atomic E-state index is 0.0447. The second-order valence-corrected chi connectivity index (χ2v) is 8.35. The van der Waals surface area contributed by atoms with Gasteiger partial charge in [0.25, 0.3) is 5.91 Å². The molecule has 0 atom stereocenters. The number of carbonyl (C=O) groups is 1. The third kappa shape index (κ3) is 4.40. The van der Waals surface area contributed by atoms with E-state index in [1.54, 1.807) is 4.90 Å². The molecule has 3 rings (SSSR count). The van der Waals surface area contributed by atoms with Crippen LogP contribution in [0.15, 0.2) is 42.5 Å². The maximum atomic E-state index is 13.2. The second-order valence-electron chi connectivity index (χ2n) is 6.94. The fourth-order valence-electron chi connectivity index (χ4n) is 2.70. The van der Waals surface area contributed by atoms with Gasteiger partial charge in [0.2, 0.25) is 0 Å². The van der Waals surface area contributed by atoms with Crippen molar-refractivity contribution in [1.82, 2.24) is 4.98 Å². The van der Waals surface area contributed by atoms with E-state index in [-0.39, 0.29) is 5.91 Å². The molecular weight excluding hydrogens is 380 g/mol. The van der Waals surface area contributed by atoms with Crippen LogP contribution in [0.2, 0.25) is 5.02 Å². The zero-order valence-electron chi connectivity index (χ0n) is 16.0. The van der Waals surface area contributed by atoms with E-state index in [9.17, 15) is 4.79 Å². The number of thiazole rings is 1. The number of halogens is 1. The topological polar surface area (TPSA) is 40.9 Å². The van der Waals surface area contributed by atoms with Crippen LogP contribution in [0.25, 0.3) is 10.2 Å². The van der Waals surface area contributed by atoms with Crippen molar-refractivity contribution in [2.75, 3.05) is 51.1 Å². The van der Waals surface area contributed by atoms with Gasteiger partial charge in [-0.3, -0.25) is 9.69 Å². The fourth-order valence-corrected chi connectivity index (χ4v) is 3.99. The molecule has 0 radical (unpaired) electrons. The second kappa shape index (κ2) is 8.25. The summed E-state index contributed by atoms with van der Waals surface area (Å²) in [6.45, 7) is 1.42. The van der Waals surface area contributed by atoms with E-state index in [0.717, 1.165) is 22.4 Å². The van der Waals surface area contributed by atoms with E-state index in [1.807, 2.05) is 61.5 Å². The normalized spacial score (nSPS) is 11.2. The average molecular weight is 404 g/mol. The summed E-state index contributed by atoms with van der Waals surface area (Å²) in [6.07, 6.45) is 0. The molecule has 5 nitrogen and oxygen atoms in total. The van der Waals surface area contributed by atoms with Gasteiger partial charge in [0.1, 0.15) is 5.52 Å². The number of benzene rings is 2. The van der Waals surface area contributed by atoms with Gasteiger partial charge in [0.15, 0.2) is 5.13 Å². The molecule has 0 aliphatic rings. The predicted molar refractivity (Wildman–Crippen MR) is 115 cm³/mol. The Morgan fingerprint density at radius 1 is 1.15 bits per heavy atom. The van der Waals surface area contributed by atoms with Crippen LogP contribution in [0.4, 0.5) is 10.8 Å². The minimum atomic E-state index is -0.0447. The van der Waals surface area contributed by atoms with Crippen molar-refractivity contribution in [2.45, 2.75) is 0 Å². The number of nitrogens with one attached hydrogen (secondary N) is 1. The smallest absolute Gasteiger partial charge is 0.260 e. The summed E-state index contributed by atoms with van der Waals surface area (Å²) in [7, 11) is 8.11. The molecule has 7 heteroatoms. The standard InChI is InChI=1S/C20H23ClN4OS/c1-23(2)12-13-25(19(26)14-8-10-15(11-9-14)24(3)4)20-22-18-16(21)6-5-7-17(18)27-20/h5-11H,12-13H2,1-4H3/p+1. The van der Waals surface area contributed by atoms with Crippen LogP contribution >= 0.6 is 22.9 Å². The Morgan fingerprint density at radius 3 is 2.44 bits per heavy atom. The van der Waals surface area contributed by atoms with E-state index in [0.29, 0.717) is 22.3 Å². The summed E-state index contributed by atoms with van der Waals surface area (Å²) in [6, 6.07) is 13.4. The predicted octanol–water partition coefficient (Wildman–Crippen LogP) is 2.81. The van der Waals surface area contributed by atoms with E-state index in [1.165, 1.54) is 16.2 Å². The van der Waals surface area contributed by atoms with Crippen molar-refractivity contribution < 1.29 is 9.69 Å². The van der Waals surface area contributed by atoms with E-state index >= 15 is 0 Å². The number of anilines is 2. The van der Waals surface area contributed by atoms with Crippen molar-refractivity contribution in [1.29, 1.82) is 0 Å². The molecular formula is C20H24ClN4OS+. The minimum Gasteiger partial charge on any atom is -0.378 e. The Balaban J connectivity index is 1.96. The van der Waals surface area contributed by atoms with Crippen molar-refractivity contribution >= 4 is 49.9 Å². The number of likely N-dealkylation sites (N-methyl/N-ethyl adjacent to an activating group) is 1. The molecule has 0 saturated heterocycles. The summed E-state index contributed by atoms with van der Waals surface area (Å²) >= 11 is 7.77. The lowest BCUT2D eigenvalue weighted by molar-refractivity contribution is -0.856. The first-order valence-corrected chi connectivity index (χ1v) is 9.99. The van der Waals surface area contributed by atoms with Crippen LogP contribution in [-0.4, -0.2) is 52.2 Å². The van der Waals surface area contributed by atoms with Crippen molar-refractivity contribution in [3.63, 3.8) is 0 Å². The number of rotatable bonds is 6. The maximum absolute atomic E-state index is 13.2. The molecule has 1 N–H and O–H groups in total. The van der Waals surface area contributed by atoms with Crippen molar-refractivity contribution in [2.24, 2.45) is 0 Å². The summed E-state index contributed by atoms with van der Waals surface area (Å²) in [4.78, 5) is 22.9. The van der Waals surface area contributed by atoms with E-state index in [4.69, 9.17) is 11.6 Å². The molecule has 142 valence electrons. The number of hydrogen-bond donors (Lipinski definition) is 1. The number of carbonyl (C=O) groups excluding carboxylic acids is 1. The lowest BCUT2D eigenvalue weighted by atomic mass is 10.1. The molecule has 3 aromatic rings. The molecule has 0 aliphatic carbocycles. The van der Waals surface area contributed by atoms with Crippen LogP contribution in [0.3, 0.4) is 0 Å². The zero-order valence-corrected chi connectivity index (χ0v) is 17.6. The average Bonchev–Trinajstić information content (AvgIpc) is 3.07. The number of hydrogen-bond acceptors (Lipinski definition) is 4. The van der Waals surface area contributed by atoms with E-state index < -0.39 is 0 Å². The van der Waals surface area contributed by atoms with Crippen LogP contribution in [-0.2, 0) is 0 Å². The molecule has 1 aromatic heterocycles. The molecule has 0 aliphatic heterocycles. The third-order valence-electron chi connectivity index (χ3n) is 4.30. The lowest BCUT2D eigenvalue weighted by Crippen LogP contribution is -3.06. The molecule has 0 spiro atoms. The molecule has 27 heavy (non-hydrogen) atoms. The number of nitrogens with zero attached hydrogens (tertiary/aromatic N) is 3. The summed E-state index contributed by atoms with van der Waals surface area (Å²) in [5.74, 6) is -0.0447.